The Bertz CT molecular complexity index is 1330. The molecule has 69 heavy (non-hydrogen) atoms. The summed E-state index contributed by atoms with van der Waals surface area (Å²) in [5, 5.41) is 0. The standard InChI is InChI=1S/C63H108O6/c1-4-7-10-13-16-19-22-25-28-31-34-37-40-43-46-49-52-55-61(64)67-58-60(69-63(66)57-54-51-48-45-42-39-36-33-30-27-24-21-18-15-12-9-6-3)59-68-62(65)56-53-50-47-44-41-38-35-32-29-26-23-20-17-14-11-8-5-2/h16,18-19,21,25,27-28,30,34,36-37,39,43,46,60H,4-15,17,20,22-24,26,29,31-33,35,38,40-42,44-45,47-59H2,1-3H3/b19-16-,21-18-,28-25-,30-27-,37-34-,39-36-,46-43-/t60-/m1/s1. The molecule has 0 amide bonds. The van der Waals surface area contributed by atoms with E-state index in [1.54, 1.807) is 0 Å². The predicted molar refractivity (Wildman–Crippen MR) is 297 cm³/mol. The molecule has 0 aromatic rings. The van der Waals surface area contributed by atoms with E-state index in [0.29, 0.717) is 19.3 Å². The van der Waals surface area contributed by atoms with Crippen LogP contribution in [-0.2, 0) is 28.6 Å². The Labute approximate surface area is 426 Å². The summed E-state index contributed by atoms with van der Waals surface area (Å²) >= 11 is 0. The number of esters is 3. The van der Waals surface area contributed by atoms with Crippen molar-refractivity contribution in [3.05, 3.63) is 85.1 Å². The van der Waals surface area contributed by atoms with E-state index in [1.165, 1.54) is 141 Å². The van der Waals surface area contributed by atoms with Crippen molar-refractivity contribution in [3.8, 4) is 0 Å². The summed E-state index contributed by atoms with van der Waals surface area (Å²) in [5.41, 5.74) is 0. The van der Waals surface area contributed by atoms with Gasteiger partial charge in [0.15, 0.2) is 6.10 Å². The van der Waals surface area contributed by atoms with E-state index in [0.717, 1.165) is 89.9 Å². The number of hydrogen-bond donors (Lipinski definition) is 0. The lowest BCUT2D eigenvalue weighted by Crippen LogP contribution is -2.30. The van der Waals surface area contributed by atoms with Gasteiger partial charge >= 0.3 is 17.9 Å². The third-order valence-corrected chi connectivity index (χ3v) is 12.4. The number of ether oxygens (including phenoxy) is 3. The quantitative estimate of drug-likeness (QED) is 0.0262. The highest BCUT2D eigenvalue weighted by atomic mass is 16.6. The van der Waals surface area contributed by atoms with Crippen molar-refractivity contribution in [3.63, 3.8) is 0 Å². The van der Waals surface area contributed by atoms with Gasteiger partial charge in [-0.2, -0.15) is 0 Å². The maximum atomic E-state index is 12.9. The van der Waals surface area contributed by atoms with Crippen molar-refractivity contribution in [1.82, 2.24) is 0 Å². The van der Waals surface area contributed by atoms with Gasteiger partial charge in [-0.25, -0.2) is 0 Å². The molecule has 0 aliphatic rings. The Balaban J connectivity index is 4.49. The average molecular weight is 962 g/mol. The van der Waals surface area contributed by atoms with Gasteiger partial charge in [-0.15, -0.1) is 0 Å². The molecule has 1 atom stereocenters. The third kappa shape index (κ3) is 55.4. The molecule has 0 aliphatic heterocycles. The van der Waals surface area contributed by atoms with Crippen LogP contribution in [-0.4, -0.2) is 37.2 Å². The van der Waals surface area contributed by atoms with E-state index in [-0.39, 0.29) is 37.5 Å². The van der Waals surface area contributed by atoms with Crippen LogP contribution in [0.3, 0.4) is 0 Å². The van der Waals surface area contributed by atoms with Crippen molar-refractivity contribution >= 4 is 17.9 Å². The minimum atomic E-state index is -0.810. The first kappa shape index (κ1) is 65.6. The van der Waals surface area contributed by atoms with Crippen molar-refractivity contribution in [1.29, 1.82) is 0 Å². The maximum absolute atomic E-state index is 12.9. The van der Waals surface area contributed by atoms with Crippen LogP contribution in [0, 0.1) is 0 Å². The van der Waals surface area contributed by atoms with E-state index < -0.39 is 6.10 Å². The zero-order valence-corrected chi connectivity index (χ0v) is 45.3. The van der Waals surface area contributed by atoms with E-state index in [1.807, 2.05) is 0 Å². The summed E-state index contributed by atoms with van der Waals surface area (Å²) in [5.74, 6) is -0.974. The number of carbonyl (C=O) groups is 3. The fourth-order valence-corrected chi connectivity index (χ4v) is 7.97. The molecule has 0 N–H and O–H groups in total. The van der Waals surface area contributed by atoms with E-state index in [9.17, 15) is 14.4 Å². The van der Waals surface area contributed by atoms with Crippen molar-refractivity contribution in [2.24, 2.45) is 0 Å². The highest BCUT2D eigenvalue weighted by Gasteiger charge is 2.19. The molecule has 0 saturated heterocycles. The molecule has 6 heteroatoms. The van der Waals surface area contributed by atoms with Crippen LogP contribution >= 0.6 is 0 Å². The first-order chi connectivity index (χ1) is 34.0. The van der Waals surface area contributed by atoms with Gasteiger partial charge < -0.3 is 14.2 Å². The van der Waals surface area contributed by atoms with Crippen LogP contribution in [0.5, 0.6) is 0 Å². The molecule has 0 aromatic heterocycles. The van der Waals surface area contributed by atoms with Crippen molar-refractivity contribution in [2.45, 2.75) is 284 Å². The number of carbonyl (C=O) groups excluding carboxylic acids is 3. The highest BCUT2D eigenvalue weighted by molar-refractivity contribution is 5.71. The topological polar surface area (TPSA) is 78.9 Å². The molecule has 0 aromatic carbocycles. The van der Waals surface area contributed by atoms with Gasteiger partial charge in [0.05, 0.1) is 0 Å². The lowest BCUT2D eigenvalue weighted by Gasteiger charge is -2.18. The first-order valence-electron chi connectivity index (χ1n) is 29.1. The van der Waals surface area contributed by atoms with Crippen LogP contribution in [0.1, 0.15) is 278 Å². The molecule has 396 valence electrons. The molecule has 0 unspecified atom stereocenters. The summed E-state index contributed by atoms with van der Waals surface area (Å²) < 4.78 is 16.8. The van der Waals surface area contributed by atoms with Gasteiger partial charge in [-0.1, -0.05) is 247 Å². The Morgan fingerprint density at radius 3 is 0.899 bits per heavy atom. The van der Waals surface area contributed by atoms with E-state index in [2.05, 4.69) is 106 Å². The second kappa shape index (κ2) is 57.2. The van der Waals surface area contributed by atoms with Crippen molar-refractivity contribution < 1.29 is 28.6 Å². The molecule has 0 radical (unpaired) electrons. The van der Waals surface area contributed by atoms with Gasteiger partial charge in [-0.05, 0) is 96.3 Å². The van der Waals surface area contributed by atoms with Gasteiger partial charge in [0.25, 0.3) is 0 Å². The molecule has 0 rings (SSSR count). The number of hydrogen-bond acceptors (Lipinski definition) is 6. The summed E-state index contributed by atoms with van der Waals surface area (Å²) in [6.07, 6.45) is 74.3. The zero-order chi connectivity index (χ0) is 50.0. The maximum Gasteiger partial charge on any atom is 0.306 e. The molecule has 0 fully saturated rings. The first-order valence-corrected chi connectivity index (χ1v) is 29.1. The van der Waals surface area contributed by atoms with Crippen LogP contribution in [0.15, 0.2) is 85.1 Å². The van der Waals surface area contributed by atoms with Gasteiger partial charge in [0, 0.05) is 19.3 Å². The van der Waals surface area contributed by atoms with E-state index >= 15 is 0 Å². The Hall–Kier alpha value is -3.41. The second-order valence-electron chi connectivity index (χ2n) is 19.2. The summed E-state index contributed by atoms with van der Waals surface area (Å²) in [7, 11) is 0. The average Bonchev–Trinajstić information content (AvgIpc) is 3.35. The van der Waals surface area contributed by atoms with Crippen LogP contribution < -0.4 is 0 Å². The number of unbranched alkanes of at least 4 members (excludes halogenated alkanes) is 27. The Kier molecular flexibility index (Phi) is 54.3. The fourth-order valence-electron chi connectivity index (χ4n) is 7.97. The summed E-state index contributed by atoms with van der Waals surface area (Å²) in [6.45, 7) is 6.54. The second-order valence-corrected chi connectivity index (χ2v) is 19.2. The SMILES string of the molecule is CCCCC/C=C\C/C=C\C/C=C\C/C=C\CCCC(=O)OC[C@H](COC(=O)CCCCCCCCCCCCCCCCCCC)OC(=O)CCCCCC/C=C\C/C=C\C/C=C\CCCCC. The van der Waals surface area contributed by atoms with Crippen LogP contribution in [0.4, 0.5) is 0 Å². The predicted octanol–water partition coefficient (Wildman–Crippen LogP) is 19.5. The van der Waals surface area contributed by atoms with Crippen molar-refractivity contribution in [2.75, 3.05) is 13.2 Å². The normalized spacial score (nSPS) is 12.7. The van der Waals surface area contributed by atoms with E-state index in [4.69, 9.17) is 14.2 Å². The zero-order valence-electron chi connectivity index (χ0n) is 45.3. The highest BCUT2D eigenvalue weighted by Crippen LogP contribution is 2.15. The molecule has 0 aliphatic carbocycles. The smallest absolute Gasteiger partial charge is 0.306 e. The third-order valence-electron chi connectivity index (χ3n) is 12.4. The lowest BCUT2D eigenvalue weighted by molar-refractivity contribution is -0.167. The number of allylic oxidation sites excluding steroid dienone is 14. The summed E-state index contributed by atoms with van der Waals surface area (Å²) in [6, 6.07) is 0. The minimum Gasteiger partial charge on any atom is -0.462 e. The molecule has 0 bridgehead atoms. The minimum absolute atomic E-state index is 0.101. The van der Waals surface area contributed by atoms with Crippen LogP contribution in [0.25, 0.3) is 0 Å². The Morgan fingerprint density at radius 2 is 0.536 bits per heavy atom. The number of rotatable bonds is 52. The molecule has 0 spiro atoms. The molecular formula is C63H108O6. The van der Waals surface area contributed by atoms with Crippen LogP contribution in [0.2, 0.25) is 0 Å². The molecule has 0 heterocycles. The largest absolute Gasteiger partial charge is 0.462 e. The lowest BCUT2D eigenvalue weighted by atomic mass is 10.0. The molecule has 0 saturated carbocycles. The van der Waals surface area contributed by atoms with Gasteiger partial charge in [0.1, 0.15) is 13.2 Å². The molecule has 6 nitrogen and oxygen atoms in total. The van der Waals surface area contributed by atoms with Gasteiger partial charge in [0.2, 0.25) is 0 Å². The van der Waals surface area contributed by atoms with Gasteiger partial charge in [-0.3, -0.25) is 14.4 Å². The fraction of sp³-hybridized carbons (Fsp3) is 0.730. The molecular weight excluding hydrogens is 853 g/mol. The monoisotopic (exact) mass is 961 g/mol. The Morgan fingerprint density at radius 1 is 0.290 bits per heavy atom. The summed E-state index contributed by atoms with van der Waals surface area (Å²) in [4.78, 5) is 38.2.